The van der Waals surface area contributed by atoms with E-state index in [0.29, 0.717) is 5.56 Å². The summed E-state index contributed by atoms with van der Waals surface area (Å²) in [5, 5.41) is 9.95. The minimum absolute atomic E-state index is 0.368. The maximum Gasteiger partial charge on any atom is 0.253 e. The van der Waals surface area contributed by atoms with E-state index >= 15 is 0 Å². The fourth-order valence-corrected chi connectivity index (χ4v) is 1.91. The van der Waals surface area contributed by atoms with E-state index in [9.17, 15) is 4.79 Å². The summed E-state index contributed by atoms with van der Waals surface area (Å²) in [5.74, 6) is -0.368. The molecule has 0 saturated carbocycles. The summed E-state index contributed by atoms with van der Waals surface area (Å²) in [5.41, 5.74) is 0.460. The molecular formula is C11H9Cl3N4O. The number of rotatable bonds is 3. The molecule has 0 aliphatic carbocycles. The monoisotopic (exact) mass is 318 g/mol. The Morgan fingerprint density at radius 2 is 1.95 bits per heavy atom. The van der Waals surface area contributed by atoms with Crippen molar-refractivity contribution in [3.63, 3.8) is 0 Å². The van der Waals surface area contributed by atoms with Crippen LogP contribution < -0.4 is 5.32 Å². The Balaban J connectivity index is 2.21. The summed E-state index contributed by atoms with van der Waals surface area (Å²) >= 11 is 17.5. The number of nitrogens with one attached hydrogen (secondary N) is 1. The average molecular weight is 320 g/mol. The van der Waals surface area contributed by atoms with E-state index < -0.39 is 9.96 Å². The molecule has 1 N–H and O–H groups in total. The molecule has 1 unspecified atom stereocenters. The number of alkyl halides is 3. The predicted molar refractivity (Wildman–Crippen MR) is 73.3 cm³/mol. The highest BCUT2D eigenvalue weighted by Gasteiger charge is 2.36. The van der Waals surface area contributed by atoms with Gasteiger partial charge in [0.25, 0.3) is 5.91 Å². The van der Waals surface area contributed by atoms with Gasteiger partial charge >= 0.3 is 0 Å². The molecule has 0 bridgehead atoms. The van der Waals surface area contributed by atoms with Gasteiger partial charge in [0, 0.05) is 11.8 Å². The average Bonchev–Trinajstić information content (AvgIpc) is 2.88. The van der Waals surface area contributed by atoms with Crippen molar-refractivity contribution in [3.05, 3.63) is 48.3 Å². The smallest absolute Gasteiger partial charge is 0.253 e. The van der Waals surface area contributed by atoms with E-state index in [1.165, 1.54) is 17.1 Å². The van der Waals surface area contributed by atoms with Gasteiger partial charge in [-0.1, -0.05) is 58.2 Å². The number of carbonyl (C=O) groups excluding carboxylic acids is 1. The quantitative estimate of drug-likeness (QED) is 0.885. The molecule has 100 valence electrons. The number of carbonyl (C=O) groups is 1. The van der Waals surface area contributed by atoms with Crippen LogP contribution in [0.15, 0.2) is 42.7 Å². The lowest BCUT2D eigenvalue weighted by molar-refractivity contribution is 0.0916. The minimum atomic E-state index is -1.75. The van der Waals surface area contributed by atoms with E-state index in [4.69, 9.17) is 34.8 Å². The van der Waals surface area contributed by atoms with Gasteiger partial charge < -0.3 is 5.32 Å². The van der Waals surface area contributed by atoms with Crippen molar-refractivity contribution in [2.45, 2.75) is 9.96 Å². The van der Waals surface area contributed by atoms with Gasteiger partial charge in [-0.25, -0.2) is 4.68 Å². The van der Waals surface area contributed by atoms with Crippen molar-refractivity contribution in [1.82, 2.24) is 20.3 Å². The summed E-state index contributed by atoms with van der Waals surface area (Å²) in [6, 6.07) is 8.61. The van der Waals surface area contributed by atoms with Gasteiger partial charge in [-0.05, 0) is 12.1 Å². The van der Waals surface area contributed by atoms with Gasteiger partial charge in [-0.15, -0.1) is 5.10 Å². The third-order valence-electron chi connectivity index (χ3n) is 2.32. The molecule has 1 amide bonds. The van der Waals surface area contributed by atoms with E-state index in [-0.39, 0.29) is 5.91 Å². The maximum atomic E-state index is 12.0. The summed E-state index contributed by atoms with van der Waals surface area (Å²) in [6.07, 6.45) is 1.98. The lowest BCUT2D eigenvalue weighted by Gasteiger charge is -2.25. The van der Waals surface area contributed by atoms with Gasteiger partial charge in [0.2, 0.25) is 3.79 Å². The van der Waals surface area contributed by atoms with Crippen molar-refractivity contribution in [1.29, 1.82) is 0 Å². The van der Waals surface area contributed by atoms with Crippen molar-refractivity contribution in [2.75, 3.05) is 0 Å². The Morgan fingerprint density at radius 1 is 1.26 bits per heavy atom. The summed E-state index contributed by atoms with van der Waals surface area (Å²) in [4.78, 5) is 12.0. The molecule has 1 heterocycles. The molecule has 0 spiro atoms. The zero-order chi connectivity index (χ0) is 13.9. The van der Waals surface area contributed by atoms with Crippen molar-refractivity contribution >= 4 is 40.7 Å². The van der Waals surface area contributed by atoms with E-state index in [1.54, 1.807) is 30.3 Å². The second kappa shape index (κ2) is 5.77. The molecule has 0 aliphatic rings. The van der Waals surface area contributed by atoms with Crippen LogP contribution >= 0.6 is 34.8 Å². The molecule has 0 saturated heterocycles. The van der Waals surface area contributed by atoms with Crippen LogP contribution in [0.4, 0.5) is 0 Å². The number of halogens is 3. The molecule has 2 aromatic rings. The number of hydrogen-bond acceptors (Lipinski definition) is 3. The second-order valence-corrected chi connectivity index (χ2v) is 6.04. The first-order chi connectivity index (χ1) is 8.98. The second-order valence-electron chi connectivity index (χ2n) is 3.67. The SMILES string of the molecule is O=C(NC(n1ccnn1)C(Cl)(Cl)Cl)c1ccccc1. The van der Waals surface area contributed by atoms with E-state index in [2.05, 4.69) is 15.6 Å². The fraction of sp³-hybridized carbons (Fsp3) is 0.182. The number of hydrogen-bond donors (Lipinski definition) is 1. The van der Waals surface area contributed by atoms with Gasteiger partial charge in [-0.2, -0.15) is 0 Å². The standard InChI is InChI=1S/C11H9Cl3N4O/c12-11(13,14)10(18-7-6-15-17-18)16-9(19)8-4-2-1-3-5-8/h1-7,10H,(H,16,19). The molecule has 5 nitrogen and oxygen atoms in total. The van der Waals surface area contributed by atoms with E-state index in [1.807, 2.05) is 0 Å². The molecule has 19 heavy (non-hydrogen) atoms. The Hall–Kier alpha value is -1.30. The maximum absolute atomic E-state index is 12.0. The number of nitrogens with zero attached hydrogens (tertiary/aromatic N) is 3. The van der Waals surface area contributed by atoms with Crippen LogP contribution in [0.2, 0.25) is 0 Å². The Labute approximate surface area is 124 Å². The largest absolute Gasteiger partial charge is 0.327 e. The van der Waals surface area contributed by atoms with Crippen LogP contribution in [0, 0.1) is 0 Å². The Morgan fingerprint density at radius 3 is 2.47 bits per heavy atom. The molecular weight excluding hydrogens is 311 g/mol. The van der Waals surface area contributed by atoms with E-state index in [0.717, 1.165) is 0 Å². The highest BCUT2D eigenvalue weighted by Crippen LogP contribution is 2.36. The van der Waals surface area contributed by atoms with Gasteiger partial charge in [-0.3, -0.25) is 4.79 Å². The van der Waals surface area contributed by atoms with Crippen LogP contribution in [-0.4, -0.2) is 24.7 Å². The van der Waals surface area contributed by atoms with Crippen molar-refractivity contribution in [3.8, 4) is 0 Å². The molecule has 0 fully saturated rings. The topological polar surface area (TPSA) is 59.8 Å². The van der Waals surface area contributed by atoms with Crippen molar-refractivity contribution in [2.24, 2.45) is 0 Å². The summed E-state index contributed by atoms with van der Waals surface area (Å²) in [6.45, 7) is 0. The van der Waals surface area contributed by atoms with Gasteiger partial charge in [0.15, 0.2) is 6.17 Å². The van der Waals surface area contributed by atoms with Crippen molar-refractivity contribution < 1.29 is 4.79 Å². The third kappa shape index (κ3) is 3.59. The Bertz CT molecular complexity index is 539. The lowest BCUT2D eigenvalue weighted by atomic mass is 10.2. The van der Waals surface area contributed by atoms with Crippen LogP contribution in [0.25, 0.3) is 0 Å². The molecule has 1 atom stereocenters. The van der Waals surface area contributed by atoms with Crippen LogP contribution in [0.3, 0.4) is 0 Å². The summed E-state index contributed by atoms with van der Waals surface area (Å²) in [7, 11) is 0. The van der Waals surface area contributed by atoms with Crippen LogP contribution in [0.1, 0.15) is 16.5 Å². The highest BCUT2D eigenvalue weighted by atomic mass is 35.6. The molecule has 0 aliphatic heterocycles. The zero-order valence-electron chi connectivity index (χ0n) is 9.50. The number of benzene rings is 1. The Kier molecular flexibility index (Phi) is 4.29. The number of aromatic nitrogens is 3. The fourth-order valence-electron chi connectivity index (χ4n) is 1.45. The third-order valence-corrected chi connectivity index (χ3v) is 2.94. The normalized spacial score (nSPS) is 13.0. The summed E-state index contributed by atoms with van der Waals surface area (Å²) < 4.78 is -0.480. The highest BCUT2D eigenvalue weighted by molar-refractivity contribution is 6.67. The molecule has 2 rings (SSSR count). The first-order valence-electron chi connectivity index (χ1n) is 5.27. The minimum Gasteiger partial charge on any atom is -0.327 e. The molecule has 8 heteroatoms. The number of amides is 1. The predicted octanol–water partition coefficient (Wildman–Crippen LogP) is 2.58. The molecule has 1 aromatic heterocycles. The van der Waals surface area contributed by atoms with Crippen LogP contribution in [-0.2, 0) is 0 Å². The molecule has 1 aromatic carbocycles. The zero-order valence-corrected chi connectivity index (χ0v) is 11.8. The first kappa shape index (κ1) is 14.1. The van der Waals surface area contributed by atoms with Crippen LogP contribution in [0.5, 0.6) is 0 Å². The first-order valence-corrected chi connectivity index (χ1v) is 6.40. The van der Waals surface area contributed by atoms with Gasteiger partial charge in [0.1, 0.15) is 0 Å². The lowest BCUT2D eigenvalue weighted by Crippen LogP contribution is -2.40. The van der Waals surface area contributed by atoms with Gasteiger partial charge in [0.05, 0.1) is 6.20 Å². The molecule has 0 radical (unpaired) electrons.